The summed E-state index contributed by atoms with van der Waals surface area (Å²) in [5, 5.41) is 49.6. The Balaban J connectivity index is 1.68. The first-order valence-corrected chi connectivity index (χ1v) is 16.6. The van der Waals surface area contributed by atoms with Crippen molar-refractivity contribution in [3.05, 3.63) is 33.1 Å². The molecule has 0 spiro atoms. The molecule has 268 valence electrons. The third kappa shape index (κ3) is 5.57. The van der Waals surface area contributed by atoms with Crippen molar-refractivity contribution in [2.45, 2.75) is 64.3 Å². The Morgan fingerprint density at radius 3 is 2.31 bits per heavy atom. The van der Waals surface area contributed by atoms with Crippen molar-refractivity contribution < 1.29 is 44.3 Å². The summed E-state index contributed by atoms with van der Waals surface area (Å²) in [5.41, 5.74) is 1.30. The molecule has 0 bridgehead atoms. The van der Waals surface area contributed by atoms with Gasteiger partial charge >= 0.3 is 0 Å². The molecule has 1 aromatic carbocycles. The molecule has 15 heteroatoms. The molecule has 1 heterocycles. The number of Topliss-reactive ketones (excluding diaryl/α,β-unsaturated/α-hetero) is 2. The minimum Gasteiger partial charge on any atom is -0.508 e. The Morgan fingerprint density at radius 1 is 1.14 bits per heavy atom. The maximum absolute atomic E-state index is 14.3. The van der Waals surface area contributed by atoms with Crippen molar-refractivity contribution in [3.8, 4) is 5.75 Å². The number of nitrogens with two attached hydrogens (primary N) is 1. The number of aliphatic hydroxyl groups is 3. The first kappa shape index (κ1) is 36.6. The summed E-state index contributed by atoms with van der Waals surface area (Å²) < 4.78 is 5.59. The van der Waals surface area contributed by atoms with E-state index < -0.39 is 81.2 Å². The van der Waals surface area contributed by atoms with E-state index in [-0.39, 0.29) is 40.7 Å². The Kier molecular flexibility index (Phi) is 9.39. The molecule has 1 aromatic rings. The number of nitrogens with one attached hydrogen (secondary N) is 1. The van der Waals surface area contributed by atoms with Gasteiger partial charge in [-0.15, -0.1) is 0 Å². The molecule has 4 aliphatic rings. The number of nitrogens with zero attached hydrogens (tertiary/aromatic N) is 3. The molecule has 0 radical (unpaired) electrons. The maximum atomic E-state index is 14.3. The average molecular weight is 704 g/mol. The van der Waals surface area contributed by atoms with Gasteiger partial charge < -0.3 is 41.1 Å². The lowest BCUT2D eigenvalue weighted by Crippen LogP contribution is -2.65. The molecule has 1 aliphatic heterocycles. The monoisotopic (exact) mass is 703 g/mol. The van der Waals surface area contributed by atoms with Gasteiger partial charge in [-0.3, -0.25) is 29.0 Å². The molecule has 2 amide bonds. The smallest absolute Gasteiger partial charge is 0.255 e. The maximum Gasteiger partial charge on any atom is 0.255 e. The summed E-state index contributed by atoms with van der Waals surface area (Å²) in [6, 6.07) is -1.95. The molecule has 5 rings (SSSR count). The number of ketones is 2. The van der Waals surface area contributed by atoms with Crippen LogP contribution in [0.25, 0.3) is 5.76 Å². The van der Waals surface area contributed by atoms with Gasteiger partial charge in [0.05, 0.1) is 41.6 Å². The number of carbonyl (C=O) groups excluding carboxylic acids is 4. The average Bonchev–Trinajstić information content (AvgIpc) is 2.97. The van der Waals surface area contributed by atoms with Crippen LogP contribution in [0.4, 0.5) is 11.4 Å². The first-order chi connectivity index (χ1) is 22.7. The summed E-state index contributed by atoms with van der Waals surface area (Å²) in [6.45, 7) is 9.12. The van der Waals surface area contributed by atoms with Crippen LogP contribution >= 0.6 is 11.6 Å². The fourth-order valence-electron chi connectivity index (χ4n) is 8.26. The van der Waals surface area contributed by atoms with Crippen LogP contribution < -0.4 is 16.0 Å². The van der Waals surface area contributed by atoms with Gasteiger partial charge in [0.15, 0.2) is 17.1 Å². The fraction of sp³-hybridized carbons (Fsp3) is 0.588. The van der Waals surface area contributed by atoms with E-state index in [1.807, 2.05) is 32.6 Å². The number of phenols is 1. The highest BCUT2D eigenvalue weighted by Gasteiger charge is 2.64. The highest BCUT2D eigenvalue weighted by atomic mass is 35.5. The molecule has 6 atom stereocenters. The number of benzene rings is 1. The second kappa shape index (κ2) is 12.6. The SMILES string of the molecule is CC1COCCN1C(C(=O)Nc1c(O)c2c(c(N(C)C)c1Cl)CC1CC3[C@H](N(C)C)C(=O)C(C(N)=O)=C(O)[C@@]3(O)C(=O)C1=C2O)C(C)(C)C. The van der Waals surface area contributed by atoms with E-state index in [2.05, 4.69) is 5.32 Å². The number of ether oxygens (including phenoxy) is 1. The largest absolute Gasteiger partial charge is 0.508 e. The van der Waals surface area contributed by atoms with Gasteiger partial charge in [0.2, 0.25) is 11.7 Å². The Labute approximate surface area is 290 Å². The number of phenolic OH excluding ortho intramolecular Hbond substituents is 1. The number of halogens is 1. The van der Waals surface area contributed by atoms with Gasteiger partial charge in [-0.2, -0.15) is 0 Å². The van der Waals surface area contributed by atoms with Crippen LogP contribution in [0.5, 0.6) is 5.75 Å². The number of primary amides is 1. The number of hydrogen-bond donors (Lipinski definition) is 6. The number of hydrogen-bond acceptors (Lipinski definition) is 12. The molecule has 1 saturated heterocycles. The molecule has 49 heavy (non-hydrogen) atoms. The lowest BCUT2D eigenvalue weighted by atomic mass is 9.57. The highest BCUT2D eigenvalue weighted by molar-refractivity contribution is 6.37. The van der Waals surface area contributed by atoms with Gasteiger partial charge in [0, 0.05) is 38.2 Å². The molecule has 14 nitrogen and oxygen atoms in total. The predicted molar refractivity (Wildman–Crippen MR) is 182 cm³/mol. The van der Waals surface area contributed by atoms with Crippen molar-refractivity contribution in [1.82, 2.24) is 9.80 Å². The minimum atomic E-state index is -2.78. The zero-order chi connectivity index (χ0) is 36.7. The van der Waals surface area contributed by atoms with Gasteiger partial charge in [-0.05, 0) is 50.8 Å². The number of amides is 2. The number of aliphatic hydroxyl groups excluding tert-OH is 2. The summed E-state index contributed by atoms with van der Waals surface area (Å²) >= 11 is 6.97. The number of likely N-dealkylation sites (N-methyl/N-ethyl adjacent to an activating group) is 1. The van der Waals surface area contributed by atoms with Gasteiger partial charge in [-0.25, -0.2) is 0 Å². The third-order valence-corrected chi connectivity index (χ3v) is 10.7. The highest BCUT2D eigenvalue weighted by Crippen LogP contribution is 2.56. The molecule has 3 aliphatic carbocycles. The van der Waals surface area contributed by atoms with E-state index in [1.54, 1.807) is 19.0 Å². The van der Waals surface area contributed by atoms with Crippen LogP contribution in [-0.4, -0.2) is 125 Å². The van der Waals surface area contributed by atoms with Crippen LogP contribution in [-0.2, 0) is 30.3 Å². The van der Waals surface area contributed by atoms with Gasteiger partial charge in [-0.1, -0.05) is 32.4 Å². The third-order valence-electron chi connectivity index (χ3n) is 10.3. The van der Waals surface area contributed by atoms with E-state index in [0.29, 0.717) is 31.0 Å². The van der Waals surface area contributed by atoms with Crippen LogP contribution in [0, 0.1) is 17.3 Å². The number of morpholine rings is 1. The van der Waals surface area contributed by atoms with E-state index in [0.717, 1.165) is 0 Å². The van der Waals surface area contributed by atoms with Gasteiger partial charge in [0.25, 0.3) is 5.91 Å². The van der Waals surface area contributed by atoms with Crippen LogP contribution in [0.3, 0.4) is 0 Å². The second-order valence-electron chi connectivity index (χ2n) is 15.0. The zero-order valence-electron chi connectivity index (χ0n) is 29.0. The molecule has 0 aromatic heterocycles. The van der Waals surface area contributed by atoms with Crippen molar-refractivity contribution >= 4 is 52.1 Å². The standard InChI is InChI=1S/C34H46ClN5O9/c1-14-13-49-10-9-40(14)28(33(2,3)4)32(47)37-22-21(35)23(38(5)6)16-11-15-12-17-24(39(7)8)27(43)20(31(36)46)30(45)34(17,48)29(44)18(15)25(41)19(16)26(22)42/h14-15,17,24,28,41-42,45,48H,9-13H2,1-8H3,(H2,36,46)(H,37,47)/t14?,15?,17?,24-,28?,34-/m0/s1. The number of fused-ring (bicyclic) bond motifs is 3. The van der Waals surface area contributed by atoms with Gasteiger partial charge in [0.1, 0.15) is 22.8 Å². The fourth-order valence-corrected chi connectivity index (χ4v) is 8.68. The van der Waals surface area contributed by atoms with E-state index in [4.69, 9.17) is 22.1 Å². The molecule has 7 N–H and O–H groups in total. The van der Waals surface area contributed by atoms with E-state index in [1.165, 1.54) is 19.0 Å². The minimum absolute atomic E-state index is 0.0119. The van der Waals surface area contributed by atoms with Crippen molar-refractivity contribution in [2.75, 3.05) is 58.2 Å². The lowest BCUT2D eigenvalue weighted by Gasteiger charge is -2.50. The summed E-state index contributed by atoms with van der Waals surface area (Å²) in [7, 11) is 6.48. The second-order valence-corrected chi connectivity index (χ2v) is 15.4. The first-order valence-electron chi connectivity index (χ1n) is 16.2. The van der Waals surface area contributed by atoms with Crippen molar-refractivity contribution in [2.24, 2.45) is 23.0 Å². The molecule has 1 saturated carbocycles. The summed E-state index contributed by atoms with van der Waals surface area (Å²) in [6.07, 6.45) is -0.0278. The summed E-state index contributed by atoms with van der Waals surface area (Å²) in [5.74, 6) is -8.17. The van der Waals surface area contributed by atoms with E-state index >= 15 is 0 Å². The van der Waals surface area contributed by atoms with Crippen molar-refractivity contribution in [3.63, 3.8) is 0 Å². The summed E-state index contributed by atoms with van der Waals surface area (Å²) in [4.78, 5) is 59.2. The molecule has 2 fully saturated rings. The Hall–Kier alpha value is -3.69. The Morgan fingerprint density at radius 2 is 1.78 bits per heavy atom. The number of carbonyl (C=O) groups is 4. The number of aromatic hydroxyl groups is 1. The zero-order valence-corrected chi connectivity index (χ0v) is 29.8. The van der Waals surface area contributed by atoms with Crippen LogP contribution in [0.2, 0.25) is 5.02 Å². The quantitative estimate of drug-likeness (QED) is 0.185. The number of anilines is 2. The molecular formula is C34H46ClN5O9. The molecular weight excluding hydrogens is 658 g/mol. The predicted octanol–water partition coefficient (Wildman–Crippen LogP) is 1.76. The topological polar surface area (TPSA) is 206 Å². The van der Waals surface area contributed by atoms with Crippen LogP contribution in [0.15, 0.2) is 16.9 Å². The Bertz CT molecular complexity index is 1700. The lowest BCUT2D eigenvalue weighted by molar-refractivity contribution is -0.153. The number of rotatable bonds is 6. The van der Waals surface area contributed by atoms with Crippen LogP contribution in [0.1, 0.15) is 45.2 Å². The van der Waals surface area contributed by atoms with Crippen molar-refractivity contribution in [1.29, 1.82) is 0 Å². The molecule has 4 unspecified atom stereocenters. The normalized spacial score (nSPS) is 28.2. The van der Waals surface area contributed by atoms with E-state index in [9.17, 15) is 39.6 Å².